The van der Waals surface area contributed by atoms with Gasteiger partial charge in [0, 0.05) is 31.6 Å². The van der Waals surface area contributed by atoms with Gasteiger partial charge < -0.3 is 15.2 Å². The molecule has 1 aromatic rings. The van der Waals surface area contributed by atoms with Crippen molar-refractivity contribution in [2.24, 2.45) is 4.99 Å². The van der Waals surface area contributed by atoms with Crippen LogP contribution in [0.2, 0.25) is 0 Å². The van der Waals surface area contributed by atoms with Crippen LogP contribution in [0.25, 0.3) is 0 Å². The fraction of sp³-hybridized carbons (Fsp3) is 0.765. The van der Waals surface area contributed by atoms with Crippen LogP contribution in [0.15, 0.2) is 15.6 Å². The van der Waals surface area contributed by atoms with Gasteiger partial charge in [-0.15, -0.1) is 24.0 Å². The lowest BCUT2D eigenvalue weighted by Gasteiger charge is -2.19. The molecule has 1 rings (SSSR count). The Labute approximate surface area is 176 Å². The molecule has 0 aliphatic carbocycles. The smallest absolute Gasteiger partial charge is 0.359 e. The van der Waals surface area contributed by atoms with Crippen molar-refractivity contribution in [1.82, 2.24) is 20.7 Å². The van der Waals surface area contributed by atoms with Crippen LogP contribution >= 0.6 is 24.0 Å². The molecule has 0 atom stereocenters. The third-order valence-corrected chi connectivity index (χ3v) is 3.95. The SMILES string of the molecule is CCNC(=NCc1cc(C(CC)CC)no1)NCCN(C)CC(F)(F)F.I. The molecule has 10 heteroatoms. The second-order valence-corrected chi connectivity index (χ2v) is 6.21. The Bertz CT molecular complexity index is 547. The van der Waals surface area contributed by atoms with Crippen LogP contribution in [-0.2, 0) is 6.54 Å². The Morgan fingerprint density at radius 2 is 1.93 bits per heavy atom. The molecule has 27 heavy (non-hydrogen) atoms. The highest BCUT2D eigenvalue weighted by Crippen LogP contribution is 2.22. The van der Waals surface area contributed by atoms with E-state index in [2.05, 4.69) is 34.6 Å². The zero-order chi connectivity index (χ0) is 19.6. The predicted molar refractivity (Wildman–Crippen MR) is 112 cm³/mol. The molecule has 0 unspecified atom stereocenters. The lowest BCUT2D eigenvalue weighted by molar-refractivity contribution is -0.142. The summed E-state index contributed by atoms with van der Waals surface area (Å²) in [5, 5.41) is 10.2. The number of hydrogen-bond acceptors (Lipinski definition) is 4. The zero-order valence-electron chi connectivity index (χ0n) is 16.4. The minimum absolute atomic E-state index is 0. The van der Waals surface area contributed by atoms with E-state index in [0.717, 1.165) is 18.5 Å². The van der Waals surface area contributed by atoms with Crippen LogP contribution in [0.5, 0.6) is 0 Å². The highest BCUT2D eigenvalue weighted by molar-refractivity contribution is 14.0. The van der Waals surface area contributed by atoms with E-state index in [1.165, 1.54) is 11.9 Å². The second kappa shape index (κ2) is 13.2. The first-order valence-corrected chi connectivity index (χ1v) is 9.01. The lowest BCUT2D eigenvalue weighted by Crippen LogP contribution is -2.42. The number of nitrogens with one attached hydrogen (secondary N) is 2. The Morgan fingerprint density at radius 3 is 2.48 bits per heavy atom. The van der Waals surface area contributed by atoms with E-state index in [1.54, 1.807) is 0 Å². The standard InChI is InChI=1S/C17H30F3N5O.HI/c1-5-13(6-2)15-10-14(26-24-15)11-23-16(21-7-3)22-8-9-25(4)12-17(18,19)20;/h10,13H,5-9,11-12H2,1-4H3,(H2,21,22,23);1H. The molecule has 158 valence electrons. The van der Waals surface area contributed by atoms with Gasteiger partial charge in [-0.2, -0.15) is 13.2 Å². The lowest BCUT2D eigenvalue weighted by atomic mass is 9.99. The molecule has 0 aromatic carbocycles. The molecule has 0 aliphatic rings. The van der Waals surface area contributed by atoms with Crippen molar-refractivity contribution in [3.8, 4) is 0 Å². The Balaban J connectivity index is 0.00000676. The van der Waals surface area contributed by atoms with E-state index < -0.39 is 12.7 Å². The maximum absolute atomic E-state index is 12.3. The normalized spacial score (nSPS) is 12.4. The van der Waals surface area contributed by atoms with E-state index in [9.17, 15) is 13.2 Å². The third-order valence-electron chi connectivity index (χ3n) is 3.95. The molecular formula is C17H31F3IN5O. The van der Waals surface area contributed by atoms with Gasteiger partial charge in [-0.05, 0) is 26.8 Å². The van der Waals surface area contributed by atoms with Crippen LogP contribution in [0, 0.1) is 0 Å². The first-order valence-electron chi connectivity index (χ1n) is 9.01. The average molecular weight is 505 g/mol. The number of aromatic nitrogens is 1. The van der Waals surface area contributed by atoms with E-state index >= 15 is 0 Å². The van der Waals surface area contributed by atoms with Gasteiger partial charge in [0.1, 0.15) is 6.54 Å². The largest absolute Gasteiger partial charge is 0.401 e. The number of aliphatic imine (C=N–C) groups is 1. The fourth-order valence-electron chi connectivity index (χ4n) is 2.55. The molecule has 0 saturated heterocycles. The van der Waals surface area contributed by atoms with Crippen molar-refractivity contribution in [3.63, 3.8) is 0 Å². The maximum Gasteiger partial charge on any atom is 0.401 e. The minimum Gasteiger partial charge on any atom is -0.359 e. The van der Waals surface area contributed by atoms with Gasteiger partial charge in [0.15, 0.2) is 11.7 Å². The molecule has 2 N–H and O–H groups in total. The summed E-state index contributed by atoms with van der Waals surface area (Å²) in [4.78, 5) is 5.62. The van der Waals surface area contributed by atoms with Crippen molar-refractivity contribution in [2.75, 3.05) is 33.2 Å². The van der Waals surface area contributed by atoms with Crippen molar-refractivity contribution >= 4 is 29.9 Å². The van der Waals surface area contributed by atoms with E-state index in [4.69, 9.17) is 4.52 Å². The van der Waals surface area contributed by atoms with E-state index in [1.807, 2.05) is 13.0 Å². The first-order chi connectivity index (χ1) is 12.3. The third kappa shape index (κ3) is 10.8. The van der Waals surface area contributed by atoms with Gasteiger partial charge in [-0.1, -0.05) is 19.0 Å². The average Bonchev–Trinajstić information content (AvgIpc) is 3.01. The molecule has 0 bridgehead atoms. The number of halogens is 4. The number of alkyl halides is 3. The van der Waals surface area contributed by atoms with Crippen molar-refractivity contribution in [1.29, 1.82) is 0 Å². The summed E-state index contributed by atoms with van der Waals surface area (Å²) >= 11 is 0. The van der Waals surface area contributed by atoms with Crippen LogP contribution in [0.3, 0.4) is 0 Å². The molecule has 6 nitrogen and oxygen atoms in total. The Morgan fingerprint density at radius 1 is 1.26 bits per heavy atom. The highest BCUT2D eigenvalue weighted by Gasteiger charge is 2.28. The van der Waals surface area contributed by atoms with Gasteiger partial charge in [0.25, 0.3) is 0 Å². The summed E-state index contributed by atoms with van der Waals surface area (Å²) in [6.07, 6.45) is -2.19. The minimum atomic E-state index is -4.19. The molecule has 0 fully saturated rings. The summed E-state index contributed by atoms with van der Waals surface area (Å²) < 4.78 is 42.3. The molecule has 0 amide bonds. The second-order valence-electron chi connectivity index (χ2n) is 6.21. The maximum atomic E-state index is 12.3. The van der Waals surface area contributed by atoms with Crippen LogP contribution in [-0.4, -0.2) is 55.4 Å². The summed E-state index contributed by atoms with van der Waals surface area (Å²) in [5.74, 6) is 1.58. The Hall–Kier alpha value is -1.04. The van der Waals surface area contributed by atoms with Gasteiger partial charge in [0.2, 0.25) is 0 Å². The summed E-state index contributed by atoms with van der Waals surface area (Å²) in [6, 6.07) is 1.92. The fourth-order valence-corrected chi connectivity index (χ4v) is 2.55. The zero-order valence-corrected chi connectivity index (χ0v) is 18.7. The summed E-state index contributed by atoms with van der Waals surface area (Å²) in [5.41, 5.74) is 0.937. The number of hydrogen-bond donors (Lipinski definition) is 2. The van der Waals surface area contributed by atoms with E-state index in [-0.39, 0.29) is 30.5 Å². The number of nitrogens with zero attached hydrogens (tertiary/aromatic N) is 3. The first kappa shape index (κ1) is 26.0. The van der Waals surface area contributed by atoms with Crippen molar-refractivity contribution in [3.05, 3.63) is 17.5 Å². The number of rotatable bonds is 10. The number of likely N-dealkylation sites (N-methyl/N-ethyl adjacent to an activating group) is 1. The van der Waals surface area contributed by atoms with Gasteiger partial charge in [-0.3, -0.25) is 4.90 Å². The summed E-state index contributed by atoms with van der Waals surface area (Å²) in [7, 11) is 1.44. The van der Waals surface area contributed by atoms with Gasteiger partial charge in [0.05, 0.1) is 12.2 Å². The van der Waals surface area contributed by atoms with Crippen LogP contribution in [0.1, 0.15) is 51.0 Å². The quantitative estimate of drug-likeness (QED) is 0.288. The summed E-state index contributed by atoms with van der Waals surface area (Å²) in [6.45, 7) is 6.80. The number of guanidine groups is 1. The Kier molecular flexibility index (Phi) is 12.7. The molecule has 1 heterocycles. The monoisotopic (exact) mass is 505 g/mol. The molecule has 1 aromatic heterocycles. The van der Waals surface area contributed by atoms with Crippen molar-refractivity contribution in [2.45, 2.75) is 52.3 Å². The van der Waals surface area contributed by atoms with Gasteiger partial charge in [-0.25, -0.2) is 4.99 Å². The van der Waals surface area contributed by atoms with E-state index in [0.29, 0.717) is 37.3 Å². The van der Waals surface area contributed by atoms with Crippen molar-refractivity contribution < 1.29 is 17.7 Å². The highest BCUT2D eigenvalue weighted by atomic mass is 127. The predicted octanol–water partition coefficient (Wildman–Crippen LogP) is 3.75. The molecule has 0 spiro atoms. The molecular weight excluding hydrogens is 474 g/mol. The van der Waals surface area contributed by atoms with Crippen LogP contribution in [0.4, 0.5) is 13.2 Å². The molecule has 0 radical (unpaired) electrons. The molecule has 0 saturated carbocycles. The topological polar surface area (TPSA) is 65.7 Å². The molecule has 0 aliphatic heterocycles. The van der Waals surface area contributed by atoms with Gasteiger partial charge >= 0.3 is 6.18 Å². The van der Waals surface area contributed by atoms with Crippen LogP contribution < -0.4 is 10.6 Å².